The molecule has 5 rings (SSSR count). The molecule has 8 heteroatoms. The summed E-state index contributed by atoms with van der Waals surface area (Å²) in [5, 5.41) is 7.21. The Hall–Kier alpha value is -3.68. The molecule has 1 N–H and O–H groups in total. The number of ether oxygens (including phenoxy) is 1. The third-order valence-corrected chi connectivity index (χ3v) is 6.64. The first-order valence-electron chi connectivity index (χ1n) is 11.8. The lowest BCUT2D eigenvalue weighted by Gasteiger charge is -2.41. The topological polar surface area (TPSA) is 97.6 Å². The molecule has 2 aliphatic rings. The molecule has 2 aromatic carbocycles. The van der Waals surface area contributed by atoms with Crippen LogP contribution in [0.25, 0.3) is 11.4 Å². The Balaban J connectivity index is 1.26. The van der Waals surface area contributed by atoms with E-state index < -0.39 is 0 Å². The number of nitrogens with one attached hydrogen (secondary N) is 1. The largest absolute Gasteiger partial charge is 0.494 e. The number of nitrogens with zero attached hydrogens (tertiary/aromatic N) is 3. The maximum Gasteiger partial charge on any atom is 0.324 e. The van der Waals surface area contributed by atoms with E-state index in [0.29, 0.717) is 31.2 Å². The van der Waals surface area contributed by atoms with Gasteiger partial charge in [0, 0.05) is 17.5 Å². The minimum absolute atomic E-state index is 0.00526. The highest BCUT2D eigenvalue weighted by Crippen LogP contribution is 2.38. The van der Waals surface area contributed by atoms with Crippen LogP contribution in [0.3, 0.4) is 0 Å². The third-order valence-electron chi connectivity index (χ3n) is 6.64. The molecule has 2 heterocycles. The van der Waals surface area contributed by atoms with Gasteiger partial charge in [0.1, 0.15) is 5.75 Å². The molecule has 2 fully saturated rings. The molecule has 0 spiro atoms. The van der Waals surface area contributed by atoms with Gasteiger partial charge in [-0.25, -0.2) is 4.79 Å². The van der Waals surface area contributed by atoms with Crippen molar-refractivity contribution in [1.29, 1.82) is 0 Å². The number of hydrogen-bond donors (Lipinski definition) is 1. The number of hydrogen-bond acceptors (Lipinski definition) is 6. The highest BCUT2D eigenvalue weighted by atomic mass is 16.5. The lowest BCUT2D eigenvalue weighted by Crippen LogP contribution is -2.60. The van der Waals surface area contributed by atoms with Gasteiger partial charge in [-0.1, -0.05) is 47.1 Å². The van der Waals surface area contributed by atoms with E-state index in [1.807, 2.05) is 62.4 Å². The normalized spacial score (nSPS) is 22.3. The van der Waals surface area contributed by atoms with Crippen molar-refractivity contribution in [1.82, 2.24) is 20.4 Å². The van der Waals surface area contributed by atoms with Gasteiger partial charge in [0.05, 0.1) is 19.1 Å². The number of carbonyl (C=O) groups is 2. The molecule has 3 aromatic rings. The predicted molar refractivity (Wildman–Crippen MR) is 125 cm³/mol. The van der Waals surface area contributed by atoms with Gasteiger partial charge >= 0.3 is 6.03 Å². The van der Waals surface area contributed by atoms with Crippen molar-refractivity contribution in [3.8, 4) is 17.1 Å². The zero-order chi connectivity index (χ0) is 23.7. The summed E-state index contributed by atoms with van der Waals surface area (Å²) in [7, 11) is 0. The second kappa shape index (κ2) is 9.29. The Labute approximate surface area is 198 Å². The van der Waals surface area contributed by atoms with E-state index in [0.717, 1.165) is 28.9 Å². The second-order valence-electron chi connectivity index (χ2n) is 9.00. The van der Waals surface area contributed by atoms with E-state index in [4.69, 9.17) is 9.26 Å². The molecule has 3 atom stereocenters. The predicted octanol–water partition coefficient (Wildman–Crippen LogP) is 4.45. The van der Waals surface area contributed by atoms with E-state index in [1.165, 1.54) is 4.90 Å². The van der Waals surface area contributed by atoms with Crippen LogP contribution >= 0.6 is 0 Å². The number of urea groups is 1. The zero-order valence-corrected chi connectivity index (χ0v) is 19.4. The van der Waals surface area contributed by atoms with Crippen LogP contribution in [0, 0.1) is 12.8 Å². The molecular formula is C26H28N4O4. The van der Waals surface area contributed by atoms with Gasteiger partial charge < -0.3 is 14.6 Å². The number of aromatic nitrogens is 2. The van der Waals surface area contributed by atoms with Crippen molar-refractivity contribution in [2.24, 2.45) is 5.92 Å². The Kier molecular flexibility index (Phi) is 6.04. The van der Waals surface area contributed by atoms with Gasteiger partial charge in [-0.3, -0.25) is 9.69 Å². The van der Waals surface area contributed by atoms with Gasteiger partial charge in [-0.05, 0) is 50.8 Å². The number of fused-ring (bicyclic) bond motifs is 1. The molecular weight excluding hydrogens is 432 g/mol. The van der Waals surface area contributed by atoms with Crippen LogP contribution in [0.1, 0.15) is 49.1 Å². The molecule has 3 amide bonds. The quantitative estimate of drug-likeness (QED) is 0.584. The molecule has 0 radical (unpaired) electrons. The Morgan fingerprint density at radius 2 is 1.97 bits per heavy atom. The van der Waals surface area contributed by atoms with Crippen LogP contribution < -0.4 is 10.1 Å². The van der Waals surface area contributed by atoms with Gasteiger partial charge in [-0.15, -0.1) is 0 Å². The summed E-state index contributed by atoms with van der Waals surface area (Å²) >= 11 is 0. The van der Waals surface area contributed by atoms with Crippen LogP contribution in [0.15, 0.2) is 53.1 Å². The Morgan fingerprint density at radius 1 is 1.15 bits per heavy atom. The van der Waals surface area contributed by atoms with Crippen molar-refractivity contribution in [2.75, 3.05) is 6.61 Å². The van der Waals surface area contributed by atoms with E-state index in [1.54, 1.807) is 0 Å². The van der Waals surface area contributed by atoms with Crippen LogP contribution in [-0.4, -0.2) is 39.6 Å². The van der Waals surface area contributed by atoms with Crippen LogP contribution in [-0.2, 0) is 11.3 Å². The molecule has 1 saturated heterocycles. The summed E-state index contributed by atoms with van der Waals surface area (Å²) in [6, 6.07) is 14.9. The maximum atomic E-state index is 13.2. The fraction of sp³-hybridized carbons (Fsp3) is 0.385. The fourth-order valence-corrected chi connectivity index (χ4v) is 4.82. The van der Waals surface area contributed by atoms with Gasteiger partial charge in [-0.2, -0.15) is 4.98 Å². The van der Waals surface area contributed by atoms with Gasteiger partial charge in [0.2, 0.25) is 17.6 Å². The highest BCUT2D eigenvalue weighted by Gasteiger charge is 2.45. The Morgan fingerprint density at radius 3 is 2.76 bits per heavy atom. The number of amides is 3. The number of aryl methyl sites for hydroxylation is 1. The molecule has 0 bridgehead atoms. The summed E-state index contributed by atoms with van der Waals surface area (Å²) in [6.45, 7) is 4.81. The van der Waals surface area contributed by atoms with Gasteiger partial charge in [0.25, 0.3) is 0 Å². The minimum atomic E-state index is -0.341. The summed E-state index contributed by atoms with van der Waals surface area (Å²) in [5.41, 5.74) is 2.90. The zero-order valence-electron chi connectivity index (χ0n) is 19.4. The molecule has 1 aliphatic carbocycles. The lowest BCUT2D eigenvalue weighted by molar-refractivity contribution is -0.137. The standard InChI is InChI=1S/C26H28N4O4/c1-3-33-20-6-4-5-18(13-20)23-28-24(34-29-23)19-11-12-21-22(14-19)27-26(32)30(25(21)31)15-17-9-7-16(2)8-10-17/h4-10,13,19,21-22H,3,11-12,14-15H2,1-2H3,(H,27,32). The molecule has 3 unspecified atom stereocenters. The SMILES string of the molecule is CCOc1cccc(-c2noc(C3CCC4C(=O)N(Cc5ccc(C)cc5)C(=O)NC4C3)n2)c1. The van der Waals surface area contributed by atoms with Gasteiger partial charge in [0.15, 0.2) is 0 Å². The monoisotopic (exact) mass is 460 g/mol. The van der Waals surface area contributed by atoms with Crippen molar-refractivity contribution in [2.45, 2.75) is 51.6 Å². The molecule has 34 heavy (non-hydrogen) atoms. The molecule has 1 aliphatic heterocycles. The smallest absolute Gasteiger partial charge is 0.324 e. The molecule has 176 valence electrons. The number of benzene rings is 2. The van der Waals surface area contributed by atoms with E-state index in [2.05, 4.69) is 15.5 Å². The molecule has 8 nitrogen and oxygen atoms in total. The average Bonchev–Trinajstić information content (AvgIpc) is 3.33. The van der Waals surface area contributed by atoms with E-state index in [-0.39, 0.29) is 36.4 Å². The number of imide groups is 1. The maximum absolute atomic E-state index is 13.2. The first-order chi connectivity index (χ1) is 16.5. The minimum Gasteiger partial charge on any atom is -0.494 e. The molecule has 1 saturated carbocycles. The summed E-state index contributed by atoms with van der Waals surface area (Å²) in [5.74, 6) is 1.46. The molecule has 1 aromatic heterocycles. The number of rotatable bonds is 6. The lowest BCUT2D eigenvalue weighted by atomic mass is 9.76. The third kappa shape index (κ3) is 4.40. The van der Waals surface area contributed by atoms with Crippen LogP contribution in [0.4, 0.5) is 4.79 Å². The van der Waals surface area contributed by atoms with Crippen molar-refractivity contribution in [3.05, 3.63) is 65.5 Å². The second-order valence-corrected chi connectivity index (χ2v) is 9.00. The van der Waals surface area contributed by atoms with Crippen molar-refractivity contribution in [3.63, 3.8) is 0 Å². The fourth-order valence-electron chi connectivity index (χ4n) is 4.82. The summed E-state index contributed by atoms with van der Waals surface area (Å²) in [4.78, 5) is 31.9. The summed E-state index contributed by atoms with van der Waals surface area (Å²) in [6.07, 6.45) is 2.01. The van der Waals surface area contributed by atoms with Crippen LogP contribution in [0.5, 0.6) is 5.75 Å². The number of carbonyl (C=O) groups excluding carboxylic acids is 2. The van der Waals surface area contributed by atoms with Crippen molar-refractivity contribution >= 4 is 11.9 Å². The van der Waals surface area contributed by atoms with Crippen LogP contribution in [0.2, 0.25) is 0 Å². The van der Waals surface area contributed by atoms with E-state index >= 15 is 0 Å². The van der Waals surface area contributed by atoms with E-state index in [9.17, 15) is 9.59 Å². The summed E-state index contributed by atoms with van der Waals surface area (Å²) < 4.78 is 11.2. The highest BCUT2D eigenvalue weighted by molar-refractivity contribution is 5.98. The average molecular weight is 461 g/mol. The first-order valence-corrected chi connectivity index (χ1v) is 11.8. The Bertz CT molecular complexity index is 1190. The van der Waals surface area contributed by atoms with Crippen molar-refractivity contribution < 1.29 is 18.8 Å². The first kappa shape index (κ1) is 22.1.